The Kier molecular flexibility index (Phi) is 1.50. The van der Waals surface area contributed by atoms with Crippen LogP contribution in [0.3, 0.4) is 0 Å². The average Bonchev–Trinajstić information content (AvgIpc) is 2.34. The molecule has 2 rings (SSSR count). The Morgan fingerprint density at radius 1 is 1.50 bits per heavy atom. The molecule has 0 saturated carbocycles. The van der Waals surface area contributed by atoms with Crippen molar-refractivity contribution >= 4 is 23.5 Å². The van der Waals surface area contributed by atoms with E-state index in [0.29, 0.717) is 9.93 Å². The third-order valence-corrected chi connectivity index (χ3v) is 3.47. The molecule has 1 aromatic heterocycles. The fourth-order valence-electron chi connectivity index (χ4n) is 0.708. The highest BCUT2D eigenvalue weighted by Crippen LogP contribution is 2.32. The molecule has 0 fully saturated rings. The summed E-state index contributed by atoms with van der Waals surface area (Å²) in [7, 11) is 0. The number of fused-ring (bicyclic) bond motifs is 1. The molecule has 10 heavy (non-hydrogen) atoms. The first kappa shape index (κ1) is 6.36. The summed E-state index contributed by atoms with van der Waals surface area (Å²) >= 11 is 3.06. The average molecular weight is 176 g/mol. The molecular weight excluding hydrogens is 172 g/mol. The Labute approximate surface area is 65.5 Å². The van der Waals surface area contributed by atoms with Gasteiger partial charge in [-0.25, -0.2) is 0 Å². The highest BCUT2D eigenvalue weighted by atomic mass is 32.2. The van der Waals surface area contributed by atoms with Crippen molar-refractivity contribution in [3.05, 3.63) is 5.21 Å². The van der Waals surface area contributed by atoms with Crippen LogP contribution in [0.15, 0.2) is 14.7 Å². The molecule has 2 heterocycles. The number of hydrogen-bond donors (Lipinski definition) is 0. The number of aromatic nitrogens is 2. The van der Waals surface area contributed by atoms with Gasteiger partial charge >= 0.3 is 0 Å². The smallest absolute Gasteiger partial charge is 0.288 e. The molecule has 0 atom stereocenters. The van der Waals surface area contributed by atoms with Crippen molar-refractivity contribution in [3.8, 4) is 0 Å². The normalized spacial score (nSPS) is 16.8. The maximum atomic E-state index is 10.7. The Hall–Kier alpha value is -0.360. The highest BCUT2D eigenvalue weighted by molar-refractivity contribution is 8.05. The van der Waals surface area contributed by atoms with Crippen LogP contribution in [0.4, 0.5) is 0 Å². The van der Waals surface area contributed by atoms with Gasteiger partial charge in [0, 0.05) is 11.5 Å². The number of hydrogen-bond acceptors (Lipinski definition) is 5. The Bertz CT molecular complexity index is 249. The number of nitrogens with zero attached hydrogens (tertiary/aromatic N) is 2. The lowest BCUT2D eigenvalue weighted by Crippen LogP contribution is -2.25. The molecule has 1 aliphatic rings. The third-order valence-electron chi connectivity index (χ3n) is 1.11. The molecule has 0 spiro atoms. The third kappa shape index (κ3) is 0.873. The summed E-state index contributed by atoms with van der Waals surface area (Å²) in [6.45, 7) is 0. The van der Waals surface area contributed by atoms with Crippen molar-refractivity contribution in [2.45, 2.75) is 10.1 Å². The Morgan fingerprint density at radius 3 is 3.10 bits per heavy atom. The molecule has 0 aromatic carbocycles. The van der Waals surface area contributed by atoms with E-state index in [0.717, 1.165) is 16.5 Å². The largest absolute Gasteiger partial charge is 0.359 e. The van der Waals surface area contributed by atoms with Crippen LogP contribution in [0.1, 0.15) is 0 Å². The SMILES string of the molecule is [O-][n+]1onc2c1SCCS2. The van der Waals surface area contributed by atoms with Crippen LogP contribution in [0, 0.1) is 5.21 Å². The lowest BCUT2D eigenvalue weighted by Gasteiger charge is -2.01. The van der Waals surface area contributed by atoms with E-state index < -0.39 is 0 Å². The minimum absolute atomic E-state index is 0.464. The van der Waals surface area contributed by atoms with Gasteiger partial charge in [-0.3, -0.25) is 4.63 Å². The first-order chi connectivity index (χ1) is 4.88. The van der Waals surface area contributed by atoms with Crippen molar-refractivity contribution < 1.29 is 9.53 Å². The van der Waals surface area contributed by atoms with Crippen molar-refractivity contribution in [2.24, 2.45) is 0 Å². The van der Waals surface area contributed by atoms with Gasteiger partial charge in [0.1, 0.15) is 0 Å². The summed E-state index contributed by atoms with van der Waals surface area (Å²) in [5, 5.41) is 15.6. The second-order valence-corrected chi connectivity index (χ2v) is 3.90. The zero-order valence-corrected chi connectivity index (χ0v) is 6.57. The molecule has 0 bridgehead atoms. The van der Waals surface area contributed by atoms with E-state index in [4.69, 9.17) is 0 Å². The fraction of sp³-hybridized carbons (Fsp3) is 0.500. The van der Waals surface area contributed by atoms with Crippen LogP contribution in [-0.2, 0) is 0 Å². The van der Waals surface area contributed by atoms with Gasteiger partial charge in [-0.2, -0.15) is 0 Å². The monoisotopic (exact) mass is 176 g/mol. The molecule has 0 amide bonds. The highest BCUT2D eigenvalue weighted by Gasteiger charge is 2.23. The Morgan fingerprint density at radius 2 is 2.30 bits per heavy atom. The van der Waals surface area contributed by atoms with Gasteiger partial charge in [-0.15, -0.1) is 0 Å². The van der Waals surface area contributed by atoms with E-state index in [1.807, 2.05) is 0 Å². The summed E-state index contributed by atoms with van der Waals surface area (Å²) in [5.74, 6) is 1.96. The summed E-state index contributed by atoms with van der Waals surface area (Å²) in [5.41, 5.74) is 0. The van der Waals surface area contributed by atoms with Gasteiger partial charge in [-0.1, -0.05) is 23.5 Å². The minimum atomic E-state index is 0.464. The van der Waals surface area contributed by atoms with Crippen LogP contribution < -0.4 is 4.90 Å². The van der Waals surface area contributed by atoms with Crippen LogP contribution in [0.25, 0.3) is 0 Å². The van der Waals surface area contributed by atoms with Gasteiger partial charge in [0.2, 0.25) is 0 Å². The molecular formula is C4H4N2O2S2. The molecule has 1 aromatic rings. The van der Waals surface area contributed by atoms with Gasteiger partial charge in [0.15, 0.2) is 0 Å². The van der Waals surface area contributed by atoms with Crippen molar-refractivity contribution in [2.75, 3.05) is 11.5 Å². The zero-order valence-electron chi connectivity index (χ0n) is 4.94. The summed E-state index contributed by atoms with van der Waals surface area (Å²) in [6.07, 6.45) is 0. The van der Waals surface area contributed by atoms with Gasteiger partial charge < -0.3 is 5.21 Å². The molecule has 0 N–H and O–H groups in total. The Balaban J connectivity index is 2.45. The van der Waals surface area contributed by atoms with Crippen molar-refractivity contribution in [1.29, 1.82) is 0 Å². The van der Waals surface area contributed by atoms with E-state index in [9.17, 15) is 5.21 Å². The second kappa shape index (κ2) is 2.35. The predicted octanol–water partition coefficient (Wildman–Crippen LogP) is 0.506. The maximum absolute atomic E-state index is 10.7. The van der Waals surface area contributed by atoms with Crippen molar-refractivity contribution in [3.63, 3.8) is 0 Å². The lowest BCUT2D eigenvalue weighted by atomic mass is 10.9. The van der Waals surface area contributed by atoms with E-state index >= 15 is 0 Å². The predicted molar refractivity (Wildman–Crippen MR) is 36.9 cm³/mol. The van der Waals surface area contributed by atoms with E-state index in [-0.39, 0.29) is 0 Å². The van der Waals surface area contributed by atoms with Gasteiger partial charge in [0.05, 0.1) is 5.16 Å². The van der Waals surface area contributed by atoms with Crippen molar-refractivity contribution in [1.82, 2.24) is 5.16 Å². The van der Waals surface area contributed by atoms with Crippen LogP contribution in [0.2, 0.25) is 0 Å². The molecule has 54 valence electrons. The standard InChI is InChI=1S/C4H4N2O2S2/c7-6-4-3(5-8-6)9-1-2-10-4/h1-2H2. The molecule has 0 saturated heterocycles. The molecule has 4 nitrogen and oxygen atoms in total. The van der Waals surface area contributed by atoms with Gasteiger partial charge in [0.25, 0.3) is 10.1 Å². The van der Waals surface area contributed by atoms with E-state index in [2.05, 4.69) is 9.79 Å². The molecule has 0 aliphatic carbocycles. The minimum Gasteiger partial charge on any atom is -0.359 e. The molecule has 0 unspecified atom stereocenters. The second-order valence-electron chi connectivity index (χ2n) is 1.74. The molecule has 1 aliphatic heterocycles. The molecule has 6 heteroatoms. The number of rotatable bonds is 0. The van der Waals surface area contributed by atoms with Gasteiger partial charge in [-0.05, 0) is 4.90 Å². The quantitative estimate of drug-likeness (QED) is 0.539. The lowest BCUT2D eigenvalue weighted by molar-refractivity contribution is -0.832. The van der Waals surface area contributed by atoms with E-state index in [1.165, 1.54) is 11.8 Å². The summed E-state index contributed by atoms with van der Waals surface area (Å²) in [4.78, 5) is 0.464. The summed E-state index contributed by atoms with van der Waals surface area (Å²) < 4.78 is 4.39. The van der Waals surface area contributed by atoms with Crippen LogP contribution >= 0.6 is 23.5 Å². The summed E-state index contributed by atoms with van der Waals surface area (Å²) in [6, 6.07) is 0. The first-order valence-corrected chi connectivity index (χ1v) is 4.70. The zero-order chi connectivity index (χ0) is 6.97. The van der Waals surface area contributed by atoms with Crippen LogP contribution in [0.5, 0.6) is 0 Å². The molecule has 0 radical (unpaired) electrons. The number of thioether (sulfide) groups is 2. The fourth-order valence-corrected chi connectivity index (χ4v) is 2.70. The first-order valence-electron chi connectivity index (χ1n) is 2.73. The maximum Gasteiger partial charge on any atom is 0.288 e. The topological polar surface area (TPSA) is 53.0 Å². The van der Waals surface area contributed by atoms with Crippen LogP contribution in [-0.4, -0.2) is 16.7 Å². The van der Waals surface area contributed by atoms with E-state index in [1.54, 1.807) is 11.8 Å².